The molecule has 3 aromatic rings. The smallest absolute Gasteiger partial charge is 0.256 e. The zero-order chi connectivity index (χ0) is 18.1. The molecular formula is C18H19N5O3. The average Bonchev–Trinajstić information content (AvgIpc) is 3.26. The van der Waals surface area contributed by atoms with Gasteiger partial charge in [0.25, 0.3) is 5.91 Å². The average molecular weight is 353 g/mol. The second kappa shape index (κ2) is 6.81. The fourth-order valence-corrected chi connectivity index (χ4v) is 3.20. The molecule has 0 spiro atoms. The van der Waals surface area contributed by atoms with Crippen LogP contribution in [-0.4, -0.2) is 42.8 Å². The number of imidazole rings is 1. The van der Waals surface area contributed by atoms with Crippen LogP contribution in [-0.2, 0) is 4.74 Å². The van der Waals surface area contributed by atoms with Crippen LogP contribution in [0, 0.1) is 0 Å². The number of aromatic nitrogens is 4. The number of nitrogens with zero attached hydrogens (tertiary/aromatic N) is 4. The third-order valence-electron chi connectivity index (χ3n) is 4.55. The Bertz CT molecular complexity index is 927. The molecule has 0 aliphatic carbocycles. The van der Waals surface area contributed by atoms with Gasteiger partial charge in [-0.2, -0.15) is 5.10 Å². The number of anilines is 1. The number of aliphatic hydroxyl groups is 1. The van der Waals surface area contributed by atoms with E-state index < -0.39 is 6.10 Å². The molecule has 1 aliphatic rings. The van der Waals surface area contributed by atoms with E-state index in [9.17, 15) is 9.90 Å². The molecule has 2 aromatic heterocycles. The van der Waals surface area contributed by atoms with Crippen LogP contribution in [0.5, 0.6) is 0 Å². The maximum atomic E-state index is 12.4. The van der Waals surface area contributed by atoms with E-state index in [1.807, 2.05) is 13.0 Å². The molecule has 2 N–H and O–H groups in total. The molecule has 26 heavy (non-hydrogen) atoms. The Morgan fingerprint density at radius 2 is 2.15 bits per heavy atom. The topological polar surface area (TPSA) is 102 Å². The van der Waals surface area contributed by atoms with Gasteiger partial charge in [-0.25, -0.2) is 14.5 Å². The largest absolute Gasteiger partial charge is 0.390 e. The summed E-state index contributed by atoms with van der Waals surface area (Å²) < 4.78 is 7.51. The number of aliphatic hydroxyl groups excluding tert-OH is 1. The van der Waals surface area contributed by atoms with E-state index in [0.29, 0.717) is 23.4 Å². The molecule has 3 atom stereocenters. The lowest BCUT2D eigenvalue weighted by molar-refractivity contribution is 0.00588. The molecule has 1 amide bonds. The third-order valence-corrected chi connectivity index (χ3v) is 4.55. The van der Waals surface area contributed by atoms with Crippen molar-refractivity contribution in [3.8, 4) is 0 Å². The van der Waals surface area contributed by atoms with Crippen LogP contribution < -0.4 is 5.32 Å². The molecule has 1 aliphatic heterocycles. The predicted octanol–water partition coefficient (Wildman–Crippen LogP) is 1.98. The van der Waals surface area contributed by atoms with Crippen LogP contribution in [0.2, 0.25) is 0 Å². The van der Waals surface area contributed by atoms with Crippen LogP contribution in [0.4, 0.5) is 5.82 Å². The molecule has 3 heterocycles. The Morgan fingerprint density at radius 1 is 1.35 bits per heavy atom. The summed E-state index contributed by atoms with van der Waals surface area (Å²) in [5, 5.41) is 17.1. The number of ether oxygens (including phenoxy) is 1. The number of hydrogen-bond acceptors (Lipinski definition) is 6. The van der Waals surface area contributed by atoms with Crippen molar-refractivity contribution in [1.82, 2.24) is 19.6 Å². The van der Waals surface area contributed by atoms with Crippen molar-refractivity contribution in [2.75, 3.05) is 5.32 Å². The molecule has 0 saturated carbocycles. The summed E-state index contributed by atoms with van der Waals surface area (Å²) in [4.78, 5) is 20.9. The lowest BCUT2D eigenvalue weighted by Gasteiger charge is -2.12. The highest BCUT2D eigenvalue weighted by Gasteiger charge is 2.35. The van der Waals surface area contributed by atoms with Gasteiger partial charge in [0.05, 0.1) is 24.1 Å². The fraction of sp³-hybridized carbons (Fsp3) is 0.333. The number of hydrogen-bond donors (Lipinski definition) is 2. The van der Waals surface area contributed by atoms with Crippen LogP contribution in [0.1, 0.15) is 41.9 Å². The SMILES string of the molecule is CC[C@H]1O[C@@H](c2cnc3c(NC(=O)c4ccccc4)ncnn23)C[C@@H]1O. The molecule has 4 rings (SSSR count). The van der Waals surface area contributed by atoms with Gasteiger partial charge in [-0.15, -0.1) is 0 Å². The van der Waals surface area contributed by atoms with E-state index in [-0.39, 0.29) is 18.1 Å². The van der Waals surface area contributed by atoms with Gasteiger partial charge in [0.1, 0.15) is 12.4 Å². The normalized spacial score (nSPS) is 22.6. The maximum absolute atomic E-state index is 12.4. The van der Waals surface area contributed by atoms with E-state index in [1.54, 1.807) is 35.0 Å². The Hall–Kier alpha value is -2.84. The first kappa shape index (κ1) is 16.6. The van der Waals surface area contributed by atoms with Crippen LogP contribution in [0.3, 0.4) is 0 Å². The highest BCUT2D eigenvalue weighted by molar-refractivity contribution is 6.05. The number of amides is 1. The second-order valence-electron chi connectivity index (χ2n) is 6.22. The minimum Gasteiger partial charge on any atom is -0.390 e. The van der Waals surface area contributed by atoms with Gasteiger partial charge in [0.15, 0.2) is 11.5 Å². The predicted molar refractivity (Wildman–Crippen MR) is 93.7 cm³/mol. The van der Waals surface area contributed by atoms with Gasteiger partial charge < -0.3 is 15.2 Å². The maximum Gasteiger partial charge on any atom is 0.256 e. The Morgan fingerprint density at radius 3 is 2.88 bits per heavy atom. The molecule has 0 bridgehead atoms. The summed E-state index contributed by atoms with van der Waals surface area (Å²) in [6.45, 7) is 1.98. The van der Waals surface area contributed by atoms with Gasteiger partial charge in [-0.1, -0.05) is 25.1 Å². The quantitative estimate of drug-likeness (QED) is 0.744. The minimum atomic E-state index is -0.505. The minimum absolute atomic E-state index is 0.190. The Balaban J connectivity index is 1.63. The van der Waals surface area contributed by atoms with Gasteiger partial charge in [0.2, 0.25) is 0 Å². The molecule has 8 nitrogen and oxygen atoms in total. The molecule has 1 saturated heterocycles. The van der Waals surface area contributed by atoms with Crippen molar-refractivity contribution < 1.29 is 14.6 Å². The van der Waals surface area contributed by atoms with Crippen molar-refractivity contribution in [3.05, 3.63) is 54.1 Å². The second-order valence-corrected chi connectivity index (χ2v) is 6.22. The zero-order valence-corrected chi connectivity index (χ0v) is 14.2. The first-order valence-corrected chi connectivity index (χ1v) is 8.56. The summed E-state index contributed by atoms with van der Waals surface area (Å²) in [7, 11) is 0. The lowest BCUT2D eigenvalue weighted by Crippen LogP contribution is -2.18. The van der Waals surface area contributed by atoms with Crippen molar-refractivity contribution in [2.24, 2.45) is 0 Å². The van der Waals surface area contributed by atoms with Crippen LogP contribution in [0.15, 0.2) is 42.9 Å². The van der Waals surface area contributed by atoms with Gasteiger partial charge in [0, 0.05) is 12.0 Å². The first-order valence-electron chi connectivity index (χ1n) is 8.56. The summed E-state index contributed by atoms with van der Waals surface area (Å²) in [5.74, 6) is 0.0556. The third kappa shape index (κ3) is 2.93. The molecule has 134 valence electrons. The molecule has 0 unspecified atom stereocenters. The first-order chi connectivity index (χ1) is 12.7. The van der Waals surface area contributed by atoms with E-state index >= 15 is 0 Å². The van der Waals surface area contributed by atoms with E-state index in [4.69, 9.17) is 4.74 Å². The lowest BCUT2D eigenvalue weighted by atomic mass is 10.1. The summed E-state index contributed by atoms with van der Waals surface area (Å²) >= 11 is 0. The number of nitrogens with one attached hydrogen (secondary N) is 1. The van der Waals surface area contributed by atoms with Crippen molar-refractivity contribution in [3.63, 3.8) is 0 Å². The number of carbonyl (C=O) groups is 1. The highest BCUT2D eigenvalue weighted by atomic mass is 16.5. The molecular weight excluding hydrogens is 334 g/mol. The Kier molecular flexibility index (Phi) is 4.36. The number of benzene rings is 1. The van der Waals surface area contributed by atoms with Gasteiger partial charge >= 0.3 is 0 Å². The Labute approximate surface area is 149 Å². The van der Waals surface area contributed by atoms with Crippen molar-refractivity contribution in [2.45, 2.75) is 38.1 Å². The summed E-state index contributed by atoms with van der Waals surface area (Å²) in [5.41, 5.74) is 1.70. The van der Waals surface area contributed by atoms with Crippen LogP contribution in [0.25, 0.3) is 5.65 Å². The van der Waals surface area contributed by atoms with E-state index in [0.717, 1.165) is 12.1 Å². The molecule has 8 heteroatoms. The molecule has 1 aromatic carbocycles. The van der Waals surface area contributed by atoms with E-state index in [1.165, 1.54) is 6.33 Å². The van der Waals surface area contributed by atoms with Gasteiger partial charge in [-0.05, 0) is 18.6 Å². The van der Waals surface area contributed by atoms with Crippen molar-refractivity contribution in [1.29, 1.82) is 0 Å². The number of fused-ring (bicyclic) bond motifs is 1. The summed E-state index contributed by atoms with van der Waals surface area (Å²) in [6, 6.07) is 8.89. The number of rotatable bonds is 4. The van der Waals surface area contributed by atoms with Crippen LogP contribution >= 0.6 is 0 Å². The monoisotopic (exact) mass is 353 g/mol. The summed E-state index contributed by atoms with van der Waals surface area (Å²) in [6.07, 6.45) is 3.25. The van der Waals surface area contributed by atoms with Crippen molar-refractivity contribution >= 4 is 17.4 Å². The highest BCUT2D eigenvalue weighted by Crippen LogP contribution is 2.34. The zero-order valence-electron chi connectivity index (χ0n) is 14.2. The van der Waals surface area contributed by atoms with Gasteiger partial charge in [-0.3, -0.25) is 4.79 Å². The fourth-order valence-electron chi connectivity index (χ4n) is 3.20. The standard InChI is InChI=1S/C18H19N5O3/c1-2-14-13(24)8-15(26-14)12-9-19-17-16(20-10-21-23(12)17)22-18(25)11-6-4-3-5-7-11/h3-7,9-10,13-15,24H,2,8H2,1H3,(H,20,21,22,25)/t13-,14+,15+/m0/s1. The number of carbonyl (C=O) groups excluding carboxylic acids is 1. The molecule has 1 fully saturated rings. The van der Waals surface area contributed by atoms with E-state index in [2.05, 4.69) is 20.4 Å². The molecule has 0 radical (unpaired) electrons.